The number of aromatic nitrogens is 1. The van der Waals surface area contributed by atoms with Crippen molar-refractivity contribution in [2.75, 3.05) is 38.1 Å². The van der Waals surface area contributed by atoms with Crippen LogP contribution in [0.15, 0.2) is 58.5 Å². The van der Waals surface area contributed by atoms with Crippen LogP contribution in [-0.2, 0) is 9.84 Å². The van der Waals surface area contributed by atoms with Crippen molar-refractivity contribution >= 4 is 38.0 Å². The summed E-state index contributed by atoms with van der Waals surface area (Å²) in [5.41, 5.74) is 1.89. The number of rotatable bonds is 3. The molecule has 0 amide bonds. The molecule has 1 aromatic heterocycles. The molecule has 1 N–H and O–H groups in total. The Morgan fingerprint density at radius 2 is 1.69 bits per heavy atom. The van der Waals surface area contributed by atoms with Crippen LogP contribution in [-0.4, -0.2) is 51.5 Å². The Morgan fingerprint density at radius 3 is 2.42 bits per heavy atom. The van der Waals surface area contributed by atoms with Crippen LogP contribution in [0.25, 0.3) is 10.9 Å². The normalized spacial score (nSPS) is 16.3. The van der Waals surface area contributed by atoms with E-state index in [0.29, 0.717) is 5.39 Å². The first kappa shape index (κ1) is 17.4. The van der Waals surface area contributed by atoms with Crippen molar-refractivity contribution in [2.45, 2.75) is 9.79 Å². The molecule has 1 fully saturated rings. The maximum atomic E-state index is 13.1. The van der Waals surface area contributed by atoms with Crippen molar-refractivity contribution in [3.8, 4) is 0 Å². The first-order valence-electron chi connectivity index (χ1n) is 8.52. The lowest BCUT2D eigenvalue weighted by Gasteiger charge is -2.34. The van der Waals surface area contributed by atoms with Gasteiger partial charge in [0.2, 0.25) is 9.84 Å². The van der Waals surface area contributed by atoms with Crippen molar-refractivity contribution in [1.29, 1.82) is 0 Å². The van der Waals surface area contributed by atoms with Crippen LogP contribution in [0.5, 0.6) is 0 Å². The summed E-state index contributed by atoms with van der Waals surface area (Å²) in [5, 5.41) is 0.929. The Morgan fingerprint density at radius 1 is 0.962 bits per heavy atom. The Balaban J connectivity index is 1.81. The summed E-state index contributed by atoms with van der Waals surface area (Å²) in [7, 11) is -1.59. The molecule has 136 valence electrons. The molecule has 1 aliphatic rings. The zero-order valence-corrected chi connectivity index (χ0v) is 16.0. The summed E-state index contributed by atoms with van der Waals surface area (Å²) in [6, 6.07) is 12.3. The number of piperazine rings is 1. The highest BCUT2D eigenvalue weighted by Gasteiger charge is 2.25. The number of fused-ring (bicyclic) bond motifs is 1. The van der Waals surface area contributed by atoms with Crippen LogP contribution in [0.1, 0.15) is 0 Å². The summed E-state index contributed by atoms with van der Waals surface area (Å²) >= 11 is 6.14. The predicted octanol–water partition coefficient (Wildman–Crippen LogP) is 3.41. The first-order chi connectivity index (χ1) is 12.5. The minimum absolute atomic E-state index is 0.132. The quantitative estimate of drug-likeness (QED) is 0.745. The fourth-order valence-electron chi connectivity index (χ4n) is 3.43. The molecule has 7 heteroatoms. The standard InChI is InChI=1S/C19H20ClN3O2S/c1-22-9-11-23(12-10-22)16-7-4-5-14-18(13-21-19(14)16)26(24,25)17-8-3-2-6-15(17)20/h2-8,13,21H,9-12H2,1H3. The van der Waals surface area contributed by atoms with Gasteiger partial charge in [0.05, 0.1) is 26.0 Å². The maximum Gasteiger partial charge on any atom is 0.210 e. The van der Waals surface area contributed by atoms with Gasteiger partial charge in [-0.25, -0.2) is 8.42 Å². The average molecular weight is 390 g/mol. The van der Waals surface area contributed by atoms with Crippen LogP contribution in [0.3, 0.4) is 0 Å². The number of likely N-dealkylation sites (N-methyl/N-ethyl adjacent to an activating group) is 1. The molecule has 5 nitrogen and oxygen atoms in total. The van der Waals surface area contributed by atoms with Gasteiger partial charge in [-0.1, -0.05) is 35.9 Å². The van der Waals surface area contributed by atoms with Gasteiger partial charge >= 0.3 is 0 Å². The van der Waals surface area contributed by atoms with Crippen molar-refractivity contribution < 1.29 is 8.42 Å². The number of benzene rings is 2. The lowest BCUT2D eigenvalue weighted by Crippen LogP contribution is -2.44. The molecule has 1 saturated heterocycles. The third-order valence-corrected chi connectivity index (χ3v) is 7.21. The van der Waals surface area contributed by atoms with Gasteiger partial charge in [-0.2, -0.15) is 0 Å². The van der Waals surface area contributed by atoms with E-state index in [-0.39, 0.29) is 14.8 Å². The van der Waals surface area contributed by atoms with Gasteiger partial charge in [-0.15, -0.1) is 0 Å². The van der Waals surface area contributed by atoms with Crippen LogP contribution >= 0.6 is 11.6 Å². The highest BCUT2D eigenvalue weighted by atomic mass is 35.5. The molecule has 0 radical (unpaired) electrons. The van der Waals surface area contributed by atoms with E-state index >= 15 is 0 Å². The molecule has 0 aliphatic carbocycles. The van der Waals surface area contributed by atoms with Gasteiger partial charge in [0, 0.05) is 37.8 Å². The fraction of sp³-hybridized carbons (Fsp3) is 0.263. The van der Waals surface area contributed by atoms with Crippen molar-refractivity contribution in [3.63, 3.8) is 0 Å². The molecule has 0 bridgehead atoms. The van der Waals surface area contributed by atoms with Crippen LogP contribution < -0.4 is 4.90 Å². The Hall–Kier alpha value is -2.02. The van der Waals surface area contributed by atoms with E-state index in [4.69, 9.17) is 11.6 Å². The lowest BCUT2D eigenvalue weighted by molar-refractivity contribution is 0.313. The second-order valence-corrected chi connectivity index (χ2v) is 8.87. The van der Waals surface area contributed by atoms with E-state index in [1.807, 2.05) is 18.2 Å². The second kappa shape index (κ2) is 6.61. The molecule has 3 aromatic rings. The smallest absolute Gasteiger partial charge is 0.210 e. The zero-order valence-electron chi connectivity index (χ0n) is 14.4. The summed E-state index contributed by atoms with van der Waals surface area (Å²) in [4.78, 5) is 8.16. The van der Waals surface area contributed by atoms with Crippen molar-refractivity contribution in [2.24, 2.45) is 0 Å². The van der Waals surface area contributed by atoms with E-state index in [1.165, 1.54) is 0 Å². The molecular weight excluding hydrogens is 370 g/mol. The van der Waals surface area contributed by atoms with Gasteiger partial charge in [-0.3, -0.25) is 0 Å². The molecule has 4 rings (SSSR count). The van der Waals surface area contributed by atoms with Crippen LogP contribution in [0, 0.1) is 0 Å². The number of para-hydroxylation sites is 1. The molecule has 0 atom stereocenters. The molecule has 0 spiro atoms. The molecular formula is C19H20ClN3O2S. The Bertz CT molecular complexity index is 1050. The first-order valence-corrected chi connectivity index (χ1v) is 10.4. The molecule has 1 aliphatic heterocycles. The third-order valence-electron chi connectivity index (χ3n) is 4.92. The third kappa shape index (κ3) is 2.88. The lowest BCUT2D eigenvalue weighted by atomic mass is 10.2. The van der Waals surface area contributed by atoms with Gasteiger partial charge in [0.1, 0.15) is 0 Å². The SMILES string of the molecule is CN1CCN(c2cccc3c(S(=O)(=O)c4ccccc4Cl)c[nH]c23)CC1. The largest absolute Gasteiger partial charge is 0.367 e. The number of aromatic amines is 1. The maximum absolute atomic E-state index is 13.1. The minimum atomic E-state index is -3.70. The number of sulfone groups is 1. The molecule has 2 heterocycles. The van der Waals surface area contributed by atoms with Gasteiger partial charge in [0.15, 0.2) is 0 Å². The van der Waals surface area contributed by atoms with E-state index in [9.17, 15) is 8.42 Å². The Labute approximate surface area is 158 Å². The molecule has 0 unspecified atom stereocenters. The summed E-state index contributed by atoms with van der Waals surface area (Å²) in [5.74, 6) is 0. The summed E-state index contributed by atoms with van der Waals surface area (Å²) < 4.78 is 26.3. The van der Waals surface area contributed by atoms with E-state index in [2.05, 4.69) is 21.8 Å². The average Bonchev–Trinajstić information content (AvgIpc) is 3.07. The Kier molecular flexibility index (Phi) is 4.42. The topological polar surface area (TPSA) is 56.4 Å². The summed E-state index contributed by atoms with van der Waals surface area (Å²) in [6.07, 6.45) is 1.57. The fourth-order valence-corrected chi connectivity index (χ4v) is 5.36. The van der Waals surface area contributed by atoms with Crippen molar-refractivity contribution in [3.05, 3.63) is 53.7 Å². The molecule has 2 aromatic carbocycles. The second-order valence-electron chi connectivity index (χ2n) is 6.58. The van der Waals surface area contributed by atoms with Crippen molar-refractivity contribution in [1.82, 2.24) is 9.88 Å². The highest BCUT2D eigenvalue weighted by molar-refractivity contribution is 7.91. The van der Waals surface area contributed by atoms with Gasteiger partial charge in [0.25, 0.3) is 0 Å². The highest BCUT2D eigenvalue weighted by Crippen LogP contribution is 2.35. The van der Waals surface area contributed by atoms with Gasteiger partial charge in [-0.05, 0) is 25.2 Å². The molecule has 0 saturated carbocycles. The van der Waals surface area contributed by atoms with E-state index in [0.717, 1.165) is 37.4 Å². The number of halogens is 1. The van der Waals surface area contributed by atoms with Crippen LogP contribution in [0.2, 0.25) is 5.02 Å². The zero-order chi connectivity index (χ0) is 18.3. The number of anilines is 1. The number of hydrogen-bond acceptors (Lipinski definition) is 4. The minimum Gasteiger partial charge on any atom is -0.367 e. The van der Waals surface area contributed by atoms with E-state index in [1.54, 1.807) is 30.5 Å². The summed E-state index contributed by atoms with van der Waals surface area (Å²) in [6.45, 7) is 3.81. The van der Waals surface area contributed by atoms with E-state index < -0.39 is 9.84 Å². The number of hydrogen-bond donors (Lipinski definition) is 1. The number of nitrogens with zero attached hydrogens (tertiary/aromatic N) is 2. The number of H-pyrrole nitrogens is 1. The predicted molar refractivity (Wildman–Crippen MR) is 105 cm³/mol. The monoisotopic (exact) mass is 389 g/mol. The number of nitrogens with one attached hydrogen (secondary N) is 1. The van der Waals surface area contributed by atoms with Crippen LogP contribution in [0.4, 0.5) is 5.69 Å². The van der Waals surface area contributed by atoms with Gasteiger partial charge < -0.3 is 14.8 Å². The molecule has 26 heavy (non-hydrogen) atoms.